The summed E-state index contributed by atoms with van der Waals surface area (Å²) in [6.07, 6.45) is -3.97. The number of halogens is 4. The van der Waals surface area contributed by atoms with Gasteiger partial charge in [0, 0.05) is 0 Å². The van der Waals surface area contributed by atoms with Gasteiger partial charge in [0.15, 0.2) is 0 Å². The molecule has 0 heterocycles. The predicted octanol–water partition coefficient (Wildman–Crippen LogP) is 4.12. The molecule has 0 aliphatic rings. The lowest BCUT2D eigenvalue weighted by atomic mass is 9.81. The van der Waals surface area contributed by atoms with Crippen molar-refractivity contribution < 1.29 is 17.6 Å². The Labute approximate surface area is 111 Å². The molecule has 0 atom stereocenters. The van der Waals surface area contributed by atoms with E-state index in [2.05, 4.69) is 5.32 Å². The molecule has 1 N–H and O–H groups in total. The molecule has 19 heavy (non-hydrogen) atoms. The standard InChI is InChI=1S/C14H19F4N/c1-4-19-8-7-13(2,3)10-5-6-12(15)11(9-10)14(16,17)18/h5-6,9,19H,4,7-8H2,1-3H3. The van der Waals surface area contributed by atoms with Gasteiger partial charge in [0.05, 0.1) is 5.56 Å². The third-order valence-corrected chi connectivity index (χ3v) is 3.23. The Hall–Kier alpha value is -1.10. The Balaban J connectivity index is 3.01. The van der Waals surface area contributed by atoms with Crippen LogP contribution in [0.2, 0.25) is 0 Å². The van der Waals surface area contributed by atoms with E-state index in [1.54, 1.807) is 0 Å². The third kappa shape index (κ3) is 4.20. The van der Waals surface area contributed by atoms with Gasteiger partial charge in [0.2, 0.25) is 0 Å². The second-order valence-electron chi connectivity index (χ2n) is 5.18. The highest BCUT2D eigenvalue weighted by Gasteiger charge is 2.35. The molecule has 1 aromatic rings. The maximum atomic E-state index is 13.2. The molecule has 1 nitrogen and oxygen atoms in total. The summed E-state index contributed by atoms with van der Waals surface area (Å²) in [5.41, 5.74) is -1.13. The van der Waals surface area contributed by atoms with E-state index in [0.717, 1.165) is 18.7 Å². The summed E-state index contributed by atoms with van der Waals surface area (Å²) in [5, 5.41) is 3.13. The molecule has 1 rings (SSSR count). The summed E-state index contributed by atoms with van der Waals surface area (Å²) >= 11 is 0. The van der Waals surface area contributed by atoms with E-state index in [1.165, 1.54) is 6.07 Å². The summed E-state index contributed by atoms with van der Waals surface area (Å²) in [7, 11) is 0. The molecular formula is C14H19F4N. The molecule has 5 heteroatoms. The molecule has 1 aromatic carbocycles. The van der Waals surface area contributed by atoms with Crippen molar-refractivity contribution in [3.63, 3.8) is 0 Å². The fraction of sp³-hybridized carbons (Fsp3) is 0.571. The van der Waals surface area contributed by atoms with Crippen molar-refractivity contribution in [1.29, 1.82) is 0 Å². The highest BCUT2D eigenvalue weighted by atomic mass is 19.4. The van der Waals surface area contributed by atoms with E-state index in [0.29, 0.717) is 18.5 Å². The van der Waals surface area contributed by atoms with Crippen LogP contribution in [-0.2, 0) is 11.6 Å². The highest BCUT2D eigenvalue weighted by molar-refractivity contribution is 5.32. The van der Waals surface area contributed by atoms with Gasteiger partial charge in [0.25, 0.3) is 0 Å². The normalized spacial score (nSPS) is 12.8. The summed E-state index contributed by atoms with van der Waals surface area (Å²) in [6, 6.07) is 3.24. The van der Waals surface area contributed by atoms with Crippen LogP contribution in [0.5, 0.6) is 0 Å². The van der Waals surface area contributed by atoms with Crippen LogP contribution in [0.15, 0.2) is 18.2 Å². The van der Waals surface area contributed by atoms with Crippen molar-refractivity contribution in [2.75, 3.05) is 13.1 Å². The Kier molecular flexibility index (Phi) is 4.96. The van der Waals surface area contributed by atoms with Crippen LogP contribution in [0.4, 0.5) is 17.6 Å². The van der Waals surface area contributed by atoms with Crippen molar-refractivity contribution >= 4 is 0 Å². The zero-order chi connectivity index (χ0) is 14.7. The smallest absolute Gasteiger partial charge is 0.317 e. The minimum Gasteiger partial charge on any atom is -0.317 e. The Bertz CT molecular complexity index is 424. The second kappa shape index (κ2) is 5.90. The van der Waals surface area contributed by atoms with Crippen molar-refractivity contribution in [1.82, 2.24) is 5.32 Å². The lowest BCUT2D eigenvalue weighted by molar-refractivity contribution is -0.140. The first kappa shape index (κ1) is 16.0. The molecule has 108 valence electrons. The number of rotatable bonds is 5. The quantitative estimate of drug-likeness (QED) is 0.630. The molecular weight excluding hydrogens is 258 g/mol. The van der Waals surface area contributed by atoms with Gasteiger partial charge in [-0.25, -0.2) is 4.39 Å². The Morgan fingerprint density at radius 3 is 2.32 bits per heavy atom. The van der Waals surface area contributed by atoms with Gasteiger partial charge in [0.1, 0.15) is 5.82 Å². The molecule has 0 unspecified atom stereocenters. The number of hydrogen-bond donors (Lipinski definition) is 1. The van der Waals surface area contributed by atoms with Gasteiger partial charge >= 0.3 is 6.18 Å². The summed E-state index contributed by atoms with van der Waals surface area (Å²) in [5.74, 6) is -1.22. The van der Waals surface area contributed by atoms with Crippen molar-refractivity contribution in [2.45, 2.75) is 38.8 Å². The molecule has 0 aliphatic heterocycles. The zero-order valence-electron chi connectivity index (χ0n) is 11.4. The summed E-state index contributed by atoms with van der Waals surface area (Å²) in [4.78, 5) is 0. The van der Waals surface area contributed by atoms with E-state index in [-0.39, 0.29) is 0 Å². The fourth-order valence-corrected chi connectivity index (χ4v) is 1.89. The van der Waals surface area contributed by atoms with Crippen LogP contribution in [0.1, 0.15) is 38.3 Å². The topological polar surface area (TPSA) is 12.0 Å². The van der Waals surface area contributed by atoms with Gasteiger partial charge < -0.3 is 5.32 Å². The minimum absolute atomic E-state index is 0.435. The lowest BCUT2D eigenvalue weighted by Crippen LogP contribution is -2.26. The van der Waals surface area contributed by atoms with E-state index in [4.69, 9.17) is 0 Å². The van der Waals surface area contributed by atoms with E-state index < -0.39 is 23.0 Å². The van der Waals surface area contributed by atoms with Gasteiger partial charge in [-0.2, -0.15) is 13.2 Å². The van der Waals surface area contributed by atoms with Crippen LogP contribution >= 0.6 is 0 Å². The molecule has 0 bridgehead atoms. The highest BCUT2D eigenvalue weighted by Crippen LogP contribution is 2.35. The average molecular weight is 277 g/mol. The first-order chi connectivity index (χ1) is 8.68. The second-order valence-corrected chi connectivity index (χ2v) is 5.18. The number of nitrogens with one attached hydrogen (secondary N) is 1. The van der Waals surface area contributed by atoms with Crippen molar-refractivity contribution in [2.24, 2.45) is 0 Å². The monoisotopic (exact) mass is 277 g/mol. The first-order valence-corrected chi connectivity index (χ1v) is 6.26. The Morgan fingerprint density at radius 1 is 1.16 bits per heavy atom. The lowest BCUT2D eigenvalue weighted by Gasteiger charge is -2.26. The SMILES string of the molecule is CCNCCC(C)(C)c1ccc(F)c(C(F)(F)F)c1. The summed E-state index contributed by atoms with van der Waals surface area (Å²) < 4.78 is 51.2. The number of hydrogen-bond acceptors (Lipinski definition) is 1. The van der Waals surface area contributed by atoms with Crippen LogP contribution in [0.25, 0.3) is 0 Å². The molecule has 0 aliphatic carbocycles. The maximum Gasteiger partial charge on any atom is 0.419 e. The van der Waals surface area contributed by atoms with Crippen molar-refractivity contribution in [3.05, 3.63) is 35.1 Å². The van der Waals surface area contributed by atoms with Gasteiger partial charge in [-0.1, -0.05) is 26.8 Å². The summed E-state index contributed by atoms with van der Waals surface area (Å²) in [6.45, 7) is 7.21. The molecule has 0 aromatic heterocycles. The molecule has 0 spiro atoms. The number of alkyl halides is 3. The molecule has 0 radical (unpaired) electrons. The van der Waals surface area contributed by atoms with Crippen LogP contribution in [-0.4, -0.2) is 13.1 Å². The van der Waals surface area contributed by atoms with E-state index in [1.807, 2.05) is 20.8 Å². The molecule has 0 amide bonds. The zero-order valence-corrected chi connectivity index (χ0v) is 11.4. The van der Waals surface area contributed by atoms with Gasteiger partial charge in [-0.15, -0.1) is 0 Å². The average Bonchev–Trinajstić information content (AvgIpc) is 2.27. The Morgan fingerprint density at radius 2 is 1.79 bits per heavy atom. The third-order valence-electron chi connectivity index (χ3n) is 3.23. The van der Waals surface area contributed by atoms with Crippen LogP contribution in [0.3, 0.4) is 0 Å². The van der Waals surface area contributed by atoms with Crippen molar-refractivity contribution in [3.8, 4) is 0 Å². The predicted molar refractivity (Wildman–Crippen MR) is 67.6 cm³/mol. The van der Waals surface area contributed by atoms with E-state index >= 15 is 0 Å². The van der Waals surface area contributed by atoms with Gasteiger partial charge in [-0.3, -0.25) is 0 Å². The van der Waals surface area contributed by atoms with Gasteiger partial charge in [-0.05, 0) is 42.6 Å². The first-order valence-electron chi connectivity index (χ1n) is 6.26. The number of benzene rings is 1. The van der Waals surface area contributed by atoms with E-state index in [9.17, 15) is 17.6 Å². The molecule has 0 fully saturated rings. The van der Waals surface area contributed by atoms with Crippen LogP contribution < -0.4 is 5.32 Å². The minimum atomic E-state index is -4.65. The molecule has 0 saturated carbocycles. The maximum absolute atomic E-state index is 13.2. The van der Waals surface area contributed by atoms with Crippen LogP contribution in [0, 0.1) is 5.82 Å². The fourth-order valence-electron chi connectivity index (χ4n) is 1.89. The molecule has 0 saturated heterocycles. The largest absolute Gasteiger partial charge is 0.419 e.